The monoisotopic (exact) mass is 390 g/mol. The first-order valence-corrected chi connectivity index (χ1v) is 9.53. The SMILES string of the molecule is CCOC(=O)C(C1CCc2cc(Br)ccc21)P(=O)(OC)OC. The Bertz CT molecular complexity index is 596. The molecule has 5 nitrogen and oxygen atoms in total. The van der Waals surface area contributed by atoms with Crippen molar-refractivity contribution in [2.24, 2.45) is 0 Å². The molecule has 0 bridgehead atoms. The molecule has 2 unspecified atom stereocenters. The number of benzene rings is 1. The molecule has 0 amide bonds. The van der Waals surface area contributed by atoms with Gasteiger partial charge in [0.1, 0.15) is 0 Å². The van der Waals surface area contributed by atoms with Crippen molar-refractivity contribution in [1.29, 1.82) is 0 Å². The van der Waals surface area contributed by atoms with Gasteiger partial charge in [0.05, 0.1) is 6.61 Å². The molecular formula is C15H20BrO5P. The minimum absolute atomic E-state index is 0.225. The van der Waals surface area contributed by atoms with Crippen molar-refractivity contribution in [1.82, 2.24) is 0 Å². The predicted octanol–water partition coefficient (Wildman–Crippen LogP) is 3.90. The number of hydrogen-bond acceptors (Lipinski definition) is 5. The van der Waals surface area contributed by atoms with Gasteiger partial charge in [-0.25, -0.2) is 0 Å². The molecule has 122 valence electrons. The third kappa shape index (κ3) is 3.30. The van der Waals surface area contributed by atoms with Crippen LogP contribution in [0.15, 0.2) is 22.7 Å². The van der Waals surface area contributed by atoms with Crippen LogP contribution in [0.25, 0.3) is 0 Å². The second-order valence-electron chi connectivity index (χ2n) is 5.09. The van der Waals surface area contributed by atoms with E-state index < -0.39 is 19.2 Å². The lowest BCUT2D eigenvalue weighted by Crippen LogP contribution is -2.30. The number of carbonyl (C=O) groups excluding carboxylic acids is 1. The Morgan fingerprint density at radius 3 is 2.68 bits per heavy atom. The summed E-state index contributed by atoms with van der Waals surface area (Å²) in [6, 6.07) is 5.91. The largest absolute Gasteiger partial charge is 0.465 e. The number of hydrogen-bond donors (Lipinski definition) is 0. The maximum absolute atomic E-state index is 12.9. The van der Waals surface area contributed by atoms with Crippen molar-refractivity contribution in [2.45, 2.75) is 31.3 Å². The summed E-state index contributed by atoms with van der Waals surface area (Å²) in [6.07, 6.45) is 1.54. The van der Waals surface area contributed by atoms with E-state index in [4.69, 9.17) is 13.8 Å². The van der Waals surface area contributed by atoms with Crippen LogP contribution in [0, 0.1) is 0 Å². The fourth-order valence-electron chi connectivity index (χ4n) is 2.99. The Balaban J connectivity index is 2.44. The van der Waals surface area contributed by atoms with E-state index in [0.29, 0.717) is 6.42 Å². The maximum Gasteiger partial charge on any atom is 0.344 e. The molecule has 0 spiro atoms. The summed E-state index contributed by atoms with van der Waals surface area (Å²) in [5.41, 5.74) is 1.22. The minimum Gasteiger partial charge on any atom is -0.465 e. The molecule has 1 aliphatic rings. The van der Waals surface area contributed by atoms with E-state index in [9.17, 15) is 9.36 Å². The van der Waals surface area contributed by atoms with E-state index >= 15 is 0 Å². The maximum atomic E-state index is 12.9. The van der Waals surface area contributed by atoms with E-state index in [-0.39, 0.29) is 12.5 Å². The number of halogens is 1. The van der Waals surface area contributed by atoms with Gasteiger partial charge in [-0.1, -0.05) is 22.0 Å². The molecule has 0 radical (unpaired) electrons. The Morgan fingerprint density at radius 2 is 2.09 bits per heavy atom. The van der Waals surface area contributed by atoms with Crippen molar-refractivity contribution in [3.63, 3.8) is 0 Å². The van der Waals surface area contributed by atoms with Crippen LogP contribution in [0.4, 0.5) is 0 Å². The fourth-order valence-corrected chi connectivity index (χ4v) is 5.09. The highest BCUT2D eigenvalue weighted by Gasteiger charge is 2.48. The first-order valence-electron chi connectivity index (χ1n) is 7.13. The van der Waals surface area contributed by atoms with Crippen LogP contribution in [0.5, 0.6) is 0 Å². The molecule has 0 saturated carbocycles. The van der Waals surface area contributed by atoms with E-state index in [1.165, 1.54) is 14.2 Å². The highest BCUT2D eigenvalue weighted by atomic mass is 79.9. The molecule has 1 aromatic rings. The molecule has 1 aromatic carbocycles. The smallest absolute Gasteiger partial charge is 0.344 e. The highest BCUT2D eigenvalue weighted by molar-refractivity contribution is 9.10. The third-order valence-electron chi connectivity index (χ3n) is 3.99. The van der Waals surface area contributed by atoms with Gasteiger partial charge >= 0.3 is 13.6 Å². The molecule has 0 heterocycles. The zero-order valence-corrected chi connectivity index (χ0v) is 15.4. The lowest BCUT2D eigenvalue weighted by molar-refractivity contribution is -0.143. The van der Waals surface area contributed by atoms with Gasteiger partial charge in [-0.2, -0.15) is 0 Å². The molecule has 0 N–H and O–H groups in total. The van der Waals surface area contributed by atoms with Crippen LogP contribution in [-0.4, -0.2) is 32.5 Å². The summed E-state index contributed by atoms with van der Waals surface area (Å²) in [4.78, 5) is 12.4. The lowest BCUT2D eigenvalue weighted by Gasteiger charge is -2.27. The number of carbonyl (C=O) groups is 1. The average Bonchev–Trinajstić information content (AvgIpc) is 2.90. The Kier molecular flexibility index (Phi) is 5.83. The molecule has 0 aromatic heterocycles. The van der Waals surface area contributed by atoms with Gasteiger partial charge in [0.25, 0.3) is 0 Å². The summed E-state index contributed by atoms with van der Waals surface area (Å²) in [6.45, 7) is 1.95. The van der Waals surface area contributed by atoms with Crippen LogP contribution >= 0.6 is 23.5 Å². The normalized spacial score (nSPS) is 18.8. The molecular weight excluding hydrogens is 371 g/mol. The molecule has 0 aliphatic heterocycles. The number of ether oxygens (including phenoxy) is 1. The quantitative estimate of drug-likeness (QED) is 0.544. The van der Waals surface area contributed by atoms with Crippen molar-refractivity contribution in [2.75, 3.05) is 20.8 Å². The third-order valence-corrected chi connectivity index (χ3v) is 6.75. The molecule has 1 aliphatic carbocycles. The minimum atomic E-state index is -3.58. The molecule has 2 atom stereocenters. The van der Waals surface area contributed by atoms with Gasteiger partial charge in [0, 0.05) is 24.6 Å². The lowest BCUT2D eigenvalue weighted by atomic mass is 9.97. The Hall–Kier alpha value is -0.680. The topological polar surface area (TPSA) is 61.8 Å². The highest BCUT2D eigenvalue weighted by Crippen LogP contribution is 2.59. The van der Waals surface area contributed by atoms with Gasteiger partial charge in [-0.05, 0) is 43.0 Å². The predicted molar refractivity (Wildman–Crippen MR) is 87.2 cm³/mol. The number of esters is 1. The van der Waals surface area contributed by atoms with Gasteiger partial charge in [0.2, 0.25) is 0 Å². The fraction of sp³-hybridized carbons (Fsp3) is 0.533. The van der Waals surface area contributed by atoms with E-state index in [1.54, 1.807) is 6.92 Å². The van der Waals surface area contributed by atoms with Crippen LogP contribution in [-0.2, 0) is 29.6 Å². The number of fused-ring (bicyclic) bond motifs is 1. The van der Waals surface area contributed by atoms with Crippen LogP contribution in [0.3, 0.4) is 0 Å². The molecule has 0 saturated heterocycles. The summed E-state index contributed by atoms with van der Waals surface area (Å²) in [5, 5.41) is 0. The summed E-state index contributed by atoms with van der Waals surface area (Å²) in [7, 11) is -0.981. The number of aryl methyl sites for hydroxylation is 1. The summed E-state index contributed by atoms with van der Waals surface area (Å²) in [5.74, 6) is -0.761. The first-order chi connectivity index (χ1) is 10.5. The van der Waals surface area contributed by atoms with Crippen LogP contribution in [0.2, 0.25) is 0 Å². The first kappa shape index (κ1) is 17.7. The van der Waals surface area contributed by atoms with Gasteiger partial charge in [-0.15, -0.1) is 0 Å². The van der Waals surface area contributed by atoms with E-state index in [2.05, 4.69) is 15.9 Å². The standard InChI is InChI=1S/C15H20BrO5P/c1-4-21-15(17)14(22(18,19-2)20-3)13-7-5-10-9-11(16)6-8-12(10)13/h6,8-9,13-14H,4-5,7H2,1-3H3. The van der Waals surface area contributed by atoms with Crippen molar-refractivity contribution >= 4 is 29.5 Å². The zero-order valence-electron chi connectivity index (χ0n) is 12.9. The second-order valence-corrected chi connectivity index (χ2v) is 8.37. The van der Waals surface area contributed by atoms with Gasteiger partial charge in [0.15, 0.2) is 5.66 Å². The van der Waals surface area contributed by atoms with Gasteiger partial charge in [-0.3, -0.25) is 9.36 Å². The van der Waals surface area contributed by atoms with Crippen molar-refractivity contribution in [3.05, 3.63) is 33.8 Å². The zero-order chi connectivity index (χ0) is 16.3. The van der Waals surface area contributed by atoms with Gasteiger partial charge < -0.3 is 13.8 Å². The summed E-state index contributed by atoms with van der Waals surface area (Å²) < 4.78 is 29.2. The molecule has 22 heavy (non-hydrogen) atoms. The average molecular weight is 391 g/mol. The molecule has 7 heteroatoms. The van der Waals surface area contributed by atoms with Crippen molar-refractivity contribution < 1.29 is 23.1 Å². The second kappa shape index (κ2) is 7.26. The number of rotatable bonds is 6. The van der Waals surface area contributed by atoms with Crippen molar-refractivity contribution in [3.8, 4) is 0 Å². The Labute approximate surface area is 139 Å². The van der Waals surface area contributed by atoms with E-state index in [1.807, 2.05) is 18.2 Å². The van der Waals surface area contributed by atoms with E-state index in [0.717, 1.165) is 22.0 Å². The summed E-state index contributed by atoms with van der Waals surface area (Å²) >= 11 is 3.45. The molecule has 2 rings (SSSR count). The Morgan fingerprint density at radius 1 is 1.41 bits per heavy atom. The molecule has 0 fully saturated rings. The van der Waals surface area contributed by atoms with Crippen LogP contribution < -0.4 is 0 Å². The van der Waals surface area contributed by atoms with Crippen LogP contribution in [0.1, 0.15) is 30.4 Å².